The van der Waals surface area contributed by atoms with Crippen molar-refractivity contribution in [1.29, 1.82) is 0 Å². The monoisotopic (exact) mass is 263 g/mol. The van der Waals surface area contributed by atoms with Gasteiger partial charge >= 0.3 is 0 Å². The van der Waals surface area contributed by atoms with E-state index in [0.29, 0.717) is 12.8 Å². The normalized spacial score (nSPS) is 26.7. The molecule has 108 valence electrons. The molecule has 1 rings (SSSR count). The van der Waals surface area contributed by atoms with E-state index < -0.39 is 5.92 Å². The lowest BCUT2D eigenvalue weighted by molar-refractivity contribution is -0.0227. The fourth-order valence-corrected chi connectivity index (χ4v) is 2.23. The van der Waals surface area contributed by atoms with E-state index in [-0.39, 0.29) is 12.8 Å². The summed E-state index contributed by atoms with van der Waals surface area (Å²) >= 11 is 0. The lowest BCUT2D eigenvalue weighted by atomic mass is 10.1. The van der Waals surface area contributed by atoms with Gasteiger partial charge in [0, 0.05) is 39.0 Å². The second-order valence-electron chi connectivity index (χ2n) is 5.42. The molecule has 0 saturated carbocycles. The molecule has 0 aromatic heterocycles. The van der Waals surface area contributed by atoms with Crippen LogP contribution >= 0.6 is 0 Å². The average molecular weight is 263 g/mol. The molecule has 1 aliphatic rings. The first-order valence-corrected chi connectivity index (χ1v) is 6.95. The molecular formula is C13H27F2N3. The topological polar surface area (TPSA) is 18.5 Å². The number of nitrogens with one attached hydrogen (secondary N) is 1. The molecule has 0 aliphatic carbocycles. The molecule has 0 radical (unpaired) electrons. The lowest BCUT2D eigenvalue weighted by Gasteiger charge is -2.23. The highest BCUT2D eigenvalue weighted by molar-refractivity contribution is 4.69. The molecule has 1 fully saturated rings. The summed E-state index contributed by atoms with van der Waals surface area (Å²) in [5, 5.41) is 3.38. The van der Waals surface area contributed by atoms with Crippen molar-refractivity contribution in [3.63, 3.8) is 0 Å². The van der Waals surface area contributed by atoms with Crippen LogP contribution < -0.4 is 5.32 Å². The van der Waals surface area contributed by atoms with Gasteiger partial charge in [0.2, 0.25) is 5.92 Å². The SMILES string of the molecule is CN1CCCC(F)(F)CCCN(C)CCNCC1. The minimum Gasteiger partial charge on any atom is -0.314 e. The van der Waals surface area contributed by atoms with E-state index in [0.717, 1.165) is 39.3 Å². The smallest absolute Gasteiger partial charge is 0.248 e. The molecule has 0 amide bonds. The highest BCUT2D eigenvalue weighted by Crippen LogP contribution is 2.26. The van der Waals surface area contributed by atoms with E-state index in [1.807, 2.05) is 14.1 Å². The number of hydrogen-bond donors (Lipinski definition) is 1. The van der Waals surface area contributed by atoms with Crippen LogP contribution in [0.4, 0.5) is 8.78 Å². The number of likely N-dealkylation sites (N-methyl/N-ethyl adjacent to an activating group) is 2. The third kappa shape index (κ3) is 7.24. The third-order valence-corrected chi connectivity index (χ3v) is 3.51. The summed E-state index contributed by atoms with van der Waals surface area (Å²) in [7, 11) is 4.00. The second-order valence-corrected chi connectivity index (χ2v) is 5.42. The van der Waals surface area contributed by atoms with Crippen LogP contribution in [0.25, 0.3) is 0 Å². The molecule has 0 bridgehead atoms. The first kappa shape index (κ1) is 15.8. The van der Waals surface area contributed by atoms with Crippen molar-refractivity contribution < 1.29 is 8.78 Å². The van der Waals surface area contributed by atoms with Crippen LogP contribution in [0, 0.1) is 0 Å². The number of hydrogen-bond acceptors (Lipinski definition) is 3. The molecule has 0 atom stereocenters. The van der Waals surface area contributed by atoms with Gasteiger partial charge in [-0.2, -0.15) is 0 Å². The molecule has 18 heavy (non-hydrogen) atoms. The Kier molecular flexibility index (Phi) is 7.04. The van der Waals surface area contributed by atoms with Crippen molar-refractivity contribution in [3.8, 4) is 0 Å². The van der Waals surface area contributed by atoms with Gasteiger partial charge in [-0.25, -0.2) is 8.78 Å². The van der Waals surface area contributed by atoms with Crippen molar-refractivity contribution in [1.82, 2.24) is 15.1 Å². The molecule has 1 heterocycles. The predicted octanol–water partition coefficient (Wildman–Crippen LogP) is 1.65. The molecule has 1 saturated heterocycles. The van der Waals surface area contributed by atoms with Gasteiger partial charge in [-0.3, -0.25) is 0 Å². The van der Waals surface area contributed by atoms with E-state index in [4.69, 9.17) is 0 Å². The fraction of sp³-hybridized carbons (Fsp3) is 1.00. The maximum absolute atomic E-state index is 13.6. The van der Waals surface area contributed by atoms with Gasteiger partial charge in [0.25, 0.3) is 0 Å². The minimum absolute atomic E-state index is 0.0223. The molecule has 1 aliphatic heterocycles. The summed E-state index contributed by atoms with van der Waals surface area (Å²) in [5.74, 6) is -2.48. The molecule has 3 nitrogen and oxygen atoms in total. The Balaban J connectivity index is 2.39. The fourth-order valence-electron chi connectivity index (χ4n) is 2.23. The third-order valence-electron chi connectivity index (χ3n) is 3.51. The van der Waals surface area contributed by atoms with Crippen LogP contribution in [0.5, 0.6) is 0 Å². The van der Waals surface area contributed by atoms with E-state index in [1.165, 1.54) is 0 Å². The zero-order chi connectivity index (χ0) is 13.4. The zero-order valence-corrected chi connectivity index (χ0v) is 11.7. The Morgan fingerprint density at radius 3 is 1.72 bits per heavy atom. The van der Waals surface area contributed by atoms with Crippen LogP contribution in [-0.2, 0) is 0 Å². The number of rotatable bonds is 0. The molecule has 0 aromatic carbocycles. The van der Waals surface area contributed by atoms with Crippen LogP contribution in [0.2, 0.25) is 0 Å². The summed E-state index contributed by atoms with van der Waals surface area (Å²) in [6.45, 7) is 5.24. The van der Waals surface area contributed by atoms with Gasteiger partial charge in [0.1, 0.15) is 0 Å². The van der Waals surface area contributed by atoms with Crippen molar-refractivity contribution in [2.45, 2.75) is 31.6 Å². The van der Waals surface area contributed by atoms with Crippen molar-refractivity contribution in [2.24, 2.45) is 0 Å². The van der Waals surface area contributed by atoms with Crippen molar-refractivity contribution >= 4 is 0 Å². The molecule has 0 aromatic rings. The maximum atomic E-state index is 13.6. The second kappa shape index (κ2) is 8.02. The standard InChI is InChI=1S/C13H27F2N3/c1-17-9-3-5-13(14,15)6-4-10-18(2)12-8-16-7-11-17/h16H,3-12H2,1-2H3. The summed E-state index contributed by atoms with van der Waals surface area (Å²) in [6.07, 6.45) is 1.21. The first-order chi connectivity index (χ1) is 8.49. The van der Waals surface area contributed by atoms with Gasteiger partial charge in [0.05, 0.1) is 0 Å². The quantitative estimate of drug-likeness (QED) is 0.717. The molecule has 5 heteroatoms. The first-order valence-electron chi connectivity index (χ1n) is 6.95. The van der Waals surface area contributed by atoms with Crippen LogP contribution in [0.3, 0.4) is 0 Å². The molecule has 0 spiro atoms. The summed E-state index contributed by atoms with van der Waals surface area (Å²) in [6, 6.07) is 0. The van der Waals surface area contributed by atoms with Gasteiger partial charge < -0.3 is 15.1 Å². The van der Waals surface area contributed by atoms with E-state index in [9.17, 15) is 8.78 Å². The van der Waals surface area contributed by atoms with Crippen molar-refractivity contribution in [3.05, 3.63) is 0 Å². The van der Waals surface area contributed by atoms with Crippen LogP contribution in [0.1, 0.15) is 25.7 Å². The number of nitrogens with zero attached hydrogens (tertiary/aromatic N) is 2. The van der Waals surface area contributed by atoms with E-state index in [2.05, 4.69) is 15.1 Å². The highest BCUT2D eigenvalue weighted by atomic mass is 19.3. The molecule has 0 unspecified atom stereocenters. The number of halogens is 2. The Morgan fingerprint density at radius 2 is 1.28 bits per heavy atom. The Bertz CT molecular complexity index is 204. The Morgan fingerprint density at radius 1 is 0.833 bits per heavy atom. The van der Waals surface area contributed by atoms with Gasteiger partial charge in [-0.05, 0) is 40.0 Å². The summed E-state index contributed by atoms with van der Waals surface area (Å²) in [5.41, 5.74) is 0. The molecule has 1 N–H and O–H groups in total. The van der Waals surface area contributed by atoms with E-state index >= 15 is 0 Å². The van der Waals surface area contributed by atoms with Gasteiger partial charge in [0.15, 0.2) is 0 Å². The average Bonchev–Trinajstić information content (AvgIpc) is 2.27. The largest absolute Gasteiger partial charge is 0.314 e. The Labute approximate surface area is 110 Å². The Hall–Kier alpha value is -0.260. The van der Waals surface area contributed by atoms with Gasteiger partial charge in [-0.1, -0.05) is 0 Å². The van der Waals surface area contributed by atoms with Crippen LogP contribution in [-0.4, -0.2) is 69.1 Å². The minimum atomic E-state index is -2.48. The summed E-state index contributed by atoms with van der Waals surface area (Å²) < 4.78 is 27.2. The molecular weight excluding hydrogens is 236 g/mol. The maximum Gasteiger partial charge on any atom is 0.248 e. The van der Waals surface area contributed by atoms with E-state index in [1.54, 1.807) is 0 Å². The number of alkyl halides is 2. The summed E-state index contributed by atoms with van der Waals surface area (Å²) in [4.78, 5) is 4.25. The van der Waals surface area contributed by atoms with Gasteiger partial charge in [-0.15, -0.1) is 0 Å². The predicted molar refractivity (Wildman–Crippen MR) is 71.3 cm³/mol. The lowest BCUT2D eigenvalue weighted by Crippen LogP contribution is -2.36. The van der Waals surface area contributed by atoms with Crippen LogP contribution in [0.15, 0.2) is 0 Å². The zero-order valence-electron chi connectivity index (χ0n) is 11.7. The van der Waals surface area contributed by atoms with Crippen molar-refractivity contribution in [2.75, 3.05) is 53.4 Å². The highest BCUT2D eigenvalue weighted by Gasteiger charge is 2.27.